The summed E-state index contributed by atoms with van der Waals surface area (Å²) in [5.74, 6) is -2.35. The Morgan fingerprint density at radius 3 is 2.63 bits per heavy atom. The number of phenolic OH excluding ortho intramolecular Hbond substituents is 2. The van der Waals surface area contributed by atoms with Gasteiger partial charge in [0.1, 0.15) is 11.6 Å². The SMILES string of the molecule is CCCCNC(=O)/N=C/CN(CC)C(=O)/C(C#N)=C/c1cc(O)c(O)c([N+](=O)[O-])c1. The van der Waals surface area contributed by atoms with Crippen LogP contribution in [-0.4, -0.2) is 57.8 Å². The summed E-state index contributed by atoms with van der Waals surface area (Å²) in [6.07, 6.45) is 4.05. The molecule has 0 aromatic heterocycles. The Kier molecular flexibility index (Phi) is 9.48. The quantitative estimate of drug-likeness (QED) is 0.105. The molecule has 0 saturated heterocycles. The zero-order chi connectivity index (χ0) is 22.7. The van der Waals surface area contributed by atoms with Crippen molar-refractivity contribution in [2.45, 2.75) is 26.7 Å². The fourth-order valence-electron chi connectivity index (χ4n) is 2.32. The number of rotatable bonds is 9. The van der Waals surface area contributed by atoms with E-state index in [1.165, 1.54) is 11.1 Å². The molecule has 0 aliphatic carbocycles. The second-order valence-electron chi connectivity index (χ2n) is 6.08. The van der Waals surface area contributed by atoms with Gasteiger partial charge in [-0.05, 0) is 31.1 Å². The van der Waals surface area contributed by atoms with Gasteiger partial charge in [-0.3, -0.25) is 14.9 Å². The van der Waals surface area contributed by atoms with E-state index in [1.807, 2.05) is 6.92 Å². The number of nitro groups is 1. The topological polar surface area (TPSA) is 169 Å². The Morgan fingerprint density at radius 2 is 2.07 bits per heavy atom. The lowest BCUT2D eigenvalue weighted by molar-refractivity contribution is -0.386. The molecule has 0 aliphatic heterocycles. The van der Waals surface area contributed by atoms with Crippen LogP contribution in [0, 0.1) is 21.4 Å². The van der Waals surface area contributed by atoms with Crippen molar-refractivity contribution in [3.8, 4) is 17.6 Å². The van der Waals surface area contributed by atoms with Gasteiger partial charge in [-0.2, -0.15) is 5.26 Å². The van der Waals surface area contributed by atoms with Gasteiger partial charge >= 0.3 is 11.7 Å². The molecule has 0 unspecified atom stereocenters. The number of nitrogens with zero attached hydrogens (tertiary/aromatic N) is 4. The molecule has 0 atom stereocenters. The first kappa shape index (κ1) is 24.1. The first-order valence-corrected chi connectivity index (χ1v) is 9.16. The molecule has 0 heterocycles. The Bertz CT molecular complexity index is 903. The molecule has 1 aromatic carbocycles. The molecule has 0 spiro atoms. The van der Waals surface area contributed by atoms with Crippen LogP contribution in [0.5, 0.6) is 11.5 Å². The molecule has 1 rings (SSSR count). The summed E-state index contributed by atoms with van der Waals surface area (Å²) < 4.78 is 0. The van der Waals surface area contributed by atoms with E-state index in [1.54, 1.807) is 13.0 Å². The maximum absolute atomic E-state index is 12.6. The molecule has 0 saturated carbocycles. The summed E-state index contributed by atoms with van der Waals surface area (Å²) in [6.45, 7) is 4.33. The average Bonchev–Trinajstić information content (AvgIpc) is 2.71. The Morgan fingerprint density at radius 1 is 1.37 bits per heavy atom. The highest BCUT2D eigenvalue weighted by molar-refractivity contribution is 6.02. The highest BCUT2D eigenvalue weighted by Gasteiger charge is 2.20. The molecular formula is C19H23N5O6. The van der Waals surface area contributed by atoms with Crippen LogP contribution in [0.3, 0.4) is 0 Å². The lowest BCUT2D eigenvalue weighted by Crippen LogP contribution is -2.33. The van der Waals surface area contributed by atoms with Crippen molar-refractivity contribution in [3.63, 3.8) is 0 Å². The van der Waals surface area contributed by atoms with Crippen LogP contribution in [-0.2, 0) is 4.79 Å². The maximum atomic E-state index is 12.6. The van der Waals surface area contributed by atoms with Gasteiger partial charge in [0.2, 0.25) is 5.75 Å². The highest BCUT2D eigenvalue weighted by Crippen LogP contribution is 2.36. The number of benzene rings is 1. The number of nitrogens with one attached hydrogen (secondary N) is 1. The van der Waals surface area contributed by atoms with Crippen molar-refractivity contribution < 1.29 is 24.7 Å². The average molecular weight is 417 g/mol. The van der Waals surface area contributed by atoms with E-state index in [4.69, 9.17) is 0 Å². The van der Waals surface area contributed by atoms with E-state index in [2.05, 4.69) is 10.3 Å². The molecular weight excluding hydrogens is 394 g/mol. The van der Waals surface area contributed by atoms with Crippen molar-refractivity contribution >= 4 is 29.9 Å². The summed E-state index contributed by atoms with van der Waals surface area (Å²) >= 11 is 0. The Labute approximate surface area is 173 Å². The summed E-state index contributed by atoms with van der Waals surface area (Å²) in [4.78, 5) is 39.1. The van der Waals surface area contributed by atoms with Crippen LogP contribution in [0.2, 0.25) is 0 Å². The van der Waals surface area contributed by atoms with Crippen molar-refractivity contribution in [2.75, 3.05) is 19.6 Å². The van der Waals surface area contributed by atoms with Crippen LogP contribution < -0.4 is 5.32 Å². The molecule has 11 heteroatoms. The minimum Gasteiger partial charge on any atom is -0.504 e. The standard InChI is InChI=1S/C19H23N5O6/c1-3-5-6-21-19(28)22-7-8-23(4-2)18(27)14(12-20)9-13-10-15(24(29)30)17(26)16(25)11-13/h7,9-11,25-26H,3-6,8H2,1-2H3,(H,21,28)/b14-9+,22-7+. The zero-order valence-corrected chi connectivity index (χ0v) is 16.7. The van der Waals surface area contributed by atoms with E-state index >= 15 is 0 Å². The molecule has 0 aliphatic rings. The number of hydrogen-bond acceptors (Lipinski definition) is 7. The van der Waals surface area contributed by atoms with E-state index in [9.17, 15) is 35.2 Å². The fraction of sp³-hybridized carbons (Fsp3) is 0.368. The van der Waals surface area contributed by atoms with Crippen molar-refractivity contribution in [2.24, 2.45) is 4.99 Å². The van der Waals surface area contributed by atoms with Crippen molar-refractivity contribution in [1.82, 2.24) is 10.2 Å². The van der Waals surface area contributed by atoms with Gasteiger partial charge in [-0.1, -0.05) is 13.3 Å². The first-order chi connectivity index (χ1) is 14.2. The van der Waals surface area contributed by atoms with Crippen LogP contribution in [0.1, 0.15) is 32.3 Å². The predicted molar refractivity (Wildman–Crippen MR) is 109 cm³/mol. The number of unbranched alkanes of at least 4 members (excludes halogenated alkanes) is 1. The smallest absolute Gasteiger partial charge is 0.340 e. The Hall–Kier alpha value is -3.94. The number of likely N-dealkylation sites (N-methyl/N-ethyl adjacent to an activating group) is 1. The third-order valence-electron chi connectivity index (χ3n) is 3.94. The predicted octanol–water partition coefficient (Wildman–Crippen LogP) is 2.34. The third kappa shape index (κ3) is 6.90. The zero-order valence-electron chi connectivity index (χ0n) is 16.7. The van der Waals surface area contributed by atoms with Crippen LogP contribution >= 0.6 is 0 Å². The van der Waals surface area contributed by atoms with Crippen molar-refractivity contribution in [3.05, 3.63) is 33.4 Å². The van der Waals surface area contributed by atoms with Gasteiger partial charge in [0.15, 0.2) is 5.75 Å². The number of aliphatic imine (C=N–C) groups is 1. The minimum absolute atomic E-state index is 0.0121. The summed E-state index contributed by atoms with van der Waals surface area (Å²) in [5, 5.41) is 42.0. The monoisotopic (exact) mass is 417 g/mol. The Balaban J connectivity index is 2.98. The molecule has 11 nitrogen and oxygen atoms in total. The summed E-state index contributed by atoms with van der Waals surface area (Å²) in [5.41, 5.74) is -1.13. The number of urea groups is 1. The molecule has 160 valence electrons. The van der Waals surface area contributed by atoms with Gasteiger partial charge in [-0.15, -0.1) is 0 Å². The van der Waals surface area contributed by atoms with Gasteiger partial charge in [0, 0.05) is 25.4 Å². The molecule has 0 bridgehead atoms. The number of nitro benzene ring substituents is 1. The number of hydrogen-bond donors (Lipinski definition) is 3. The molecule has 1 aromatic rings. The normalized spacial score (nSPS) is 11.2. The molecule has 0 fully saturated rings. The van der Waals surface area contributed by atoms with E-state index in [-0.39, 0.29) is 24.2 Å². The van der Waals surface area contributed by atoms with E-state index in [0.29, 0.717) is 6.54 Å². The minimum atomic E-state index is -0.911. The van der Waals surface area contributed by atoms with Crippen LogP contribution in [0.15, 0.2) is 22.7 Å². The number of carbonyl (C=O) groups is 2. The lowest BCUT2D eigenvalue weighted by Gasteiger charge is -2.18. The number of nitriles is 1. The van der Waals surface area contributed by atoms with Gasteiger partial charge in [0.05, 0.1) is 11.5 Å². The van der Waals surface area contributed by atoms with E-state index in [0.717, 1.165) is 31.1 Å². The molecule has 30 heavy (non-hydrogen) atoms. The number of aromatic hydroxyl groups is 2. The lowest BCUT2D eigenvalue weighted by atomic mass is 10.1. The second kappa shape index (κ2) is 11.8. The van der Waals surface area contributed by atoms with Gasteiger partial charge in [-0.25, -0.2) is 9.79 Å². The fourth-order valence-corrected chi connectivity index (χ4v) is 2.32. The van der Waals surface area contributed by atoms with Crippen molar-refractivity contribution in [1.29, 1.82) is 5.26 Å². The molecule has 3 amide bonds. The van der Waals surface area contributed by atoms with Crippen LogP contribution in [0.4, 0.5) is 10.5 Å². The van der Waals surface area contributed by atoms with Gasteiger partial charge in [0.25, 0.3) is 5.91 Å². The van der Waals surface area contributed by atoms with E-state index < -0.39 is 34.0 Å². The number of amides is 3. The number of carbonyl (C=O) groups excluding carboxylic acids is 2. The third-order valence-corrected chi connectivity index (χ3v) is 3.94. The maximum Gasteiger partial charge on any atom is 0.340 e. The molecule has 3 N–H and O–H groups in total. The van der Waals surface area contributed by atoms with Crippen LogP contribution in [0.25, 0.3) is 6.08 Å². The largest absolute Gasteiger partial charge is 0.504 e. The summed E-state index contributed by atoms with van der Waals surface area (Å²) in [7, 11) is 0. The second-order valence-corrected chi connectivity index (χ2v) is 6.08. The highest BCUT2D eigenvalue weighted by atomic mass is 16.6. The summed E-state index contributed by atoms with van der Waals surface area (Å²) in [6, 6.07) is 3.10. The number of phenols is 2. The first-order valence-electron chi connectivity index (χ1n) is 9.16. The molecule has 0 radical (unpaired) electrons. The van der Waals surface area contributed by atoms with Gasteiger partial charge < -0.3 is 20.4 Å².